The number of likely N-dealkylation sites (tertiary alicyclic amines) is 2. The molecule has 0 saturated carbocycles. The summed E-state index contributed by atoms with van der Waals surface area (Å²) in [5.41, 5.74) is 0. The van der Waals surface area contributed by atoms with Gasteiger partial charge in [0.2, 0.25) is 5.91 Å². The Morgan fingerprint density at radius 3 is 2.28 bits per heavy atom. The van der Waals surface area contributed by atoms with E-state index in [2.05, 4.69) is 11.8 Å². The first-order valence-electron chi connectivity index (χ1n) is 9.47. The number of methoxy groups -OCH3 is 1. The van der Waals surface area contributed by atoms with Crippen molar-refractivity contribution in [1.29, 1.82) is 0 Å². The Bertz CT molecular complexity index is 547. The van der Waals surface area contributed by atoms with Gasteiger partial charge in [-0.15, -0.1) is 0 Å². The van der Waals surface area contributed by atoms with Crippen molar-refractivity contribution in [3.63, 3.8) is 0 Å². The van der Waals surface area contributed by atoms with Crippen molar-refractivity contribution in [2.75, 3.05) is 39.8 Å². The summed E-state index contributed by atoms with van der Waals surface area (Å²) in [5.74, 6) is 2.10. The van der Waals surface area contributed by atoms with Crippen LogP contribution >= 0.6 is 0 Å². The number of carbonyl (C=O) groups is 1. The van der Waals surface area contributed by atoms with Gasteiger partial charge in [-0.1, -0.05) is 6.92 Å². The lowest BCUT2D eigenvalue weighted by atomic mass is 10.0. The van der Waals surface area contributed by atoms with Crippen LogP contribution in [0.15, 0.2) is 24.3 Å². The van der Waals surface area contributed by atoms with E-state index in [4.69, 9.17) is 9.47 Å². The maximum Gasteiger partial charge on any atom is 0.226 e. The smallest absolute Gasteiger partial charge is 0.226 e. The van der Waals surface area contributed by atoms with Crippen LogP contribution in [0.25, 0.3) is 0 Å². The lowest BCUT2D eigenvalue weighted by Gasteiger charge is -2.34. The Morgan fingerprint density at radius 2 is 1.68 bits per heavy atom. The quantitative estimate of drug-likeness (QED) is 0.794. The summed E-state index contributed by atoms with van der Waals surface area (Å²) in [6.45, 7) is 6.86. The zero-order valence-electron chi connectivity index (χ0n) is 15.4. The molecule has 5 heteroatoms. The van der Waals surface area contributed by atoms with E-state index in [1.165, 1.54) is 12.8 Å². The van der Waals surface area contributed by atoms with Crippen molar-refractivity contribution in [3.05, 3.63) is 24.3 Å². The molecule has 2 fully saturated rings. The third kappa shape index (κ3) is 4.88. The third-order valence-electron chi connectivity index (χ3n) is 5.27. The SMILES string of the molecule is COc1ccc(OC2CCN(C(=O)[C@H](C)CN3CCCC3)CC2)cc1. The molecule has 2 heterocycles. The molecule has 1 aromatic rings. The summed E-state index contributed by atoms with van der Waals surface area (Å²) < 4.78 is 11.2. The molecule has 3 rings (SSSR count). The van der Waals surface area contributed by atoms with Gasteiger partial charge in [0.05, 0.1) is 7.11 Å². The molecule has 1 amide bonds. The average molecular weight is 346 g/mol. The number of rotatable bonds is 6. The molecule has 0 spiro atoms. The molecule has 25 heavy (non-hydrogen) atoms. The molecule has 5 nitrogen and oxygen atoms in total. The summed E-state index contributed by atoms with van der Waals surface area (Å²) in [7, 11) is 1.66. The van der Waals surface area contributed by atoms with E-state index in [0.29, 0.717) is 5.91 Å². The second-order valence-electron chi connectivity index (χ2n) is 7.23. The van der Waals surface area contributed by atoms with Crippen LogP contribution in [0.2, 0.25) is 0 Å². The molecule has 0 bridgehead atoms. The first kappa shape index (κ1) is 18.1. The Kier molecular flexibility index (Phi) is 6.19. The molecule has 0 aliphatic carbocycles. The van der Waals surface area contributed by atoms with Crippen molar-refractivity contribution in [3.8, 4) is 11.5 Å². The highest BCUT2D eigenvalue weighted by atomic mass is 16.5. The zero-order valence-corrected chi connectivity index (χ0v) is 15.4. The minimum atomic E-state index is 0.0946. The molecule has 138 valence electrons. The number of benzene rings is 1. The molecule has 0 radical (unpaired) electrons. The van der Waals surface area contributed by atoms with Crippen LogP contribution < -0.4 is 9.47 Å². The molecule has 0 N–H and O–H groups in total. The Balaban J connectivity index is 1.43. The van der Waals surface area contributed by atoms with Crippen LogP contribution in [0, 0.1) is 5.92 Å². The number of nitrogens with zero attached hydrogens (tertiary/aromatic N) is 2. The summed E-state index contributed by atoms with van der Waals surface area (Å²) in [6.07, 6.45) is 4.53. The maximum absolute atomic E-state index is 12.7. The van der Waals surface area contributed by atoms with Crippen molar-refractivity contribution >= 4 is 5.91 Å². The van der Waals surface area contributed by atoms with Gasteiger partial charge in [0.15, 0.2) is 0 Å². The van der Waals surface area contributed by atoms with Crippen molar-refractivity contribution in [2.24, 2.45) is 5.92 Å². The highest BCUT2D eigenvalue weighted by molar-refractivity contribution is 5.78. The second-order valence-corrected chi connectivity index (χ2v) is 7.23. The molecule has 1 atom stereocenters. The van der Waals surface area contributed by atoms with Gasteiger partial charge >= 0.3 is 0 Å². The number of piperidine rings is 1. The topological polar surface area (TPSA) is 42.0 Å². The highest BCUT2D eigenvalue weighted by Gasteiger charge is 2.28. The molecular formula is C20H30N2O3. The minimum absolute atomic E-state index is 0.0946. The van der Waals surface area contributed by atoms with Crippen LogP contribution in [0.1, 0.15) is 32.6 Å². The van der Waals surface area contributed by atoms with Gasteiger partial charge in [-0.3, -0.25) is 4.79 Å². The Morgan fingerprint density at radius 1 is 1.08 bits per heavy atom. The number of ether oxygens (including phenoxy) is 2. The molecule has 2 saturated heterocycles. The summed E-state index contributed by atoms with van der Waals surface area (Å²) in [4.78, 5) is 17.1. The number of amides is 1. The summed E-state index contributed by atoms with van der Waals surface area (Å²) in [5, 5.41) is 0. The molecule has 0 unspecified atom stereocenters. The fourth-order valence-corrected chi connectivity index (χ4v) is 3.78. The van der Waals surface area contributed by atoms with E-state index in [-0.39, 0.29) is 12.0 Å². The van der Waals surface area contributed by atoms with Crippen LogP contribution in [0.5, 0.6) is 11.5 Å². The standard InChI is InChI=1S/C20H30N2O3/c1-16(15-21-11-3-4-12-21)20(23)22-13-9-19(10-14-22)25-18-7-5-17(24-2)6-8-18/h5-8,16,19H,3-4,9-15H2,1-2H3/t16-/m1/s1. The molecular weight excluding hydrogens is 316 g/mol. The molecule has 2 aliphatic rings. The lowest BCUT2D eigenvalue weighted by Crippen LogP contribution is -2.45. The van der Waals surface area contributed by atoms with Gasteiger partial charge in [0.25, 0.3) is 0 Å². The van der Waals surface area contributed by atoms with Crippen LogP contribution in [-0.2, 0) is 4.79 Å². The van der Waals surface area contributed by atoms with Crippen LogP contribution in [-0.4, -0.2) is 61.6 Å². The minimum Gasteiger partial charge on any atom is -0.497 e. The first-order chi connectivity index (χ1) is 12.2. The van der Waals surface area contributed by atoms with Crippen molar-refractivity contribution in [1.82, 2.24) is 9.80 Å². The number of hydrogen-bond donors (Lipinski definition) is 0. The van der Waals surface area contributed by atoms with Gasteiger partial charge in [-0.05, 0) is 50.2 Å². The molecule has 2 aliphatic heterocycles. The van der Waals surface area contributed by atoms with Gasteiger partial charge in [0.1, 0.15) is 17.6 Å². The normalized spacial score (nSPS) is 20.5. The van der Waals surface area contributed by atoms with E-state index in [1.54, 1.807) is 7.11 Å². The fraction of sp³-hybridized carbons (Fsp3) is 0.650. The largest absolute Gasteiger partial charge is 0.497 e. The van der Waals surface area contributed by atoms with E-state index in [0.717, 1.165) is 57.1 Å². The molecule has 0 aromatic heterocycles. The van der Waals surface area contributed by atoms with Crippen LogP contribution in [0.4, 0.5) is 0 Å². The van der Waals surface area contributed by atoms with Crippen LogP contribution in [0.3, 0.4) is 0 Å². The first-order valence-corrected chi connectivity index (χ1v) is 9.47. The van der Waals surface area contributed by atoms with Crippen molar-refractivity contribution < 1.29 is 14.3 Å². The Labute approximate surface area is 150 Å². The number of hydrogen-bond acceptors (Lipinski definition) is 4. The monoisotopic (exact) mass is 346 g/mol. The Hall–Kier alpha value is -1.75. The fourth-order valence-electron chi connectivity index (χ4n) is 3.78. The number of carbonyl (C=O) groups excluding carboxylic acids is 1. The van der Waals surface area contributed by atoms with Gasteiger partial charge in [0, 0.05) is 38.4 Å². The predicted molar refractivity (Wildman–Crippen MR) is 98.1 cm³/mol. The molecule has 1 aromatic carbocycles. The predicted octanol–water partition coefficient (Wildman–Crippen LogP) is 2.80. The van der Waals surface area contributed by atoms with E-state index < -0.39 is 0 Å². The van der Waals surface area contributed by atoms with E-state index in [9.17, 15) is 4.79 Å². The maximum atomic E-state index is 12.7. The zero-order chi connectivity index (χ0) is 17.6. The van der Waals surface area contributed by atoms with E-state index >= 15 is 0 Å². The second kappa shape index (κ2) is 8.56. The summed E-state index contributed by atoms with van der Waals surface area (Å²) >= 11 is 0. The van der Waals surface area contributed by atoms with E-state index in [1.807, 2.05) is 29.2 Å². The van der Waals surface area contributed by atoms with Gasteiger partial charge in [-0.2, -0.15) is 0 Å². The lowest BCUT2D eigenvalue weighted by molar-refractivity contribution is -0.137. The third-order valence-corrected chi connectivity index (χ3v) is 5.27. The van der Waals surface area contributed by atoms with Gasteiger partial charge < -0.3 is 19.3 Å². The average Bonchev–Trinajstić information content (AvgIpc) is 3.15. The highest BCUT2D eigenvalue weighted by Crippen LogP contribution is 2.23. The van der Waals surface area contributed by atoms with Crippen molar-refractivity contribution in [2.45, 2.75) is 38.7 Å². The summed E-state index contributed by atoms with van der Waals surface area (Å²) in [6, 6.07) is 7.70. The van der Waals surface area contributed by atoms with Gasteiger partial charge in [-0.25, -0.2) is 0 Å².